The summed E-state index contributed by atoms with van der Waals surface area (Å²) in [7, 11) is 0. The Balaban J connectivity index is -0.00000216. The van der Waals surface area contributed by atoms with Gasteiger partial charge < -0.3 is 41.3 Å². The summed E-state index contributed by atoms with van der Waals surface area (Å²) in [5.74, 6) is -1.23. The third-order valence-electron chi connectivity index (χ3n) is 4.55. The number of phenolic OH excluding ortho intramolecular Hbond substituents is 6. The van der Waals surface area contributed by atoms with Crippen molar-refractivity contribution in [2.24, 2.45) is 0 Å². The first kappa shape index (κ1) is 32.7. The van der Waals surface area contributed by atoms with Crippen molar-refractivity contribution in [2.45, 2.75) is 6.42 Å². The van der Waals surface area contributed by atoms with Crippen molar-refractivity contribution < 1.29 is 30.6 Å². The number of rotatable bonds is 6. The largest absolute Gasteiger partial charge is 0.504 e. The van der Waals surface area contributed by atoms with E-state index in [0.717, 1.165) is 0 Å². The van der Waals surface area contributed by atoms with E-state index >= 15 is 0 Å². The first-order valence-electron chi connectivity index (χ1n) is 9.60. The van der Waals surface area contributed by atoms with E-state index in [1.54, 1.807) is 6.07 Å². The summed E-state index contributed by atoms with van der Waals surface area (Å²) in [6.07, 6.45) is 0.182. The molecule has 0 bridgehead atoms. The second-order valence-electron chi connectivity index (χ2n) is 7.06. The van der Waals surface area contributed by atoms with Crippen molar-refractivity contribution in [3.8, 4) is 34.5 Å². The van der Waals surface area contributed by atoms with Crippen molar-refractivity contribution in [1.82, 2.24) is 15.0 Å². The van der Waals surface area contributed by atoms with Gasteiger partial charge in [0.25, 0.3) is 0 Å². The van der Waals surface area contributed by atoms with Crippen LogP contribution in [0.1, 0.15) is 11.4 Å². The normalized spacial score (nSPS) is 9.03. The SMILES string of the molecule is Oc1ccc(Cc2nc(Nc3ccc(O)c(O)c3)nc(Nc3ccc(O)c(O)c3)n2)cc1O.[Rf].[Rf].[Rf].[Rf].[Rf].[Rf]. The third kappa shape index (κ3) is 6.28. The molecule has 0 saturated carbocycles. The van der Waals surface area contributed by atoms with Gasteiger partial charge in [-0.05, 0) is 42.0 Å². The maximum absolute atomic E-state index is 9.76. The Bertz CT molecular complexity index is 1180. The van der Waals surface area contributed by atoms with Crippen LogP contribution in [0, 0.1) is 0 Å². The molecule has 0 amide bonds. The molecule has 0 unspecified atom stereocenters. The second kappa shape index (κ2) is 11.5. The molecule has 0 saturated heterocycles. The van der Waals surface area contributed by atoms with E-state index in [1.165, 1.54) is 48.5 Å². The Morgan fingerprint density at radius 3 is 1.23 bits per heavy atom. The van der Waals surface area contributed by atoms with E-state index in [1.807, 2.05) is 0 Å². The number of nitrogens with zero attached hydrogens (tertiary/aromatic N) is 3. The first-order chi connectivity index (χ1) is 15.8. The fourth-order valence-electron chi connectivity index (χ4n) is 2.93. The Morgan fingerprint density at radius 1 is 0.462 bits per heavy atom. The monoisotopic (exact) mass is 2050 g/mol. The second-order valence-corrected chi connectivity index (χ2v) is 7.06. The molecule has 4 aromatic rings. The number of aromatic nitrogens is 3. The molecule has 0 radical (unpaired) electrons. The predicted molar refractivity (Wildman–Crippen MR) is 119 cm³/mol. The average Bonchev–Trinajstić information content (AvgIpc) is 2.76. The van der Waals surface area contributed by atoms with Crippen LogP contribution in [0.4, 0.5) is 23.3 Å². The fraction of sp³-hybridized carbons (Fsp3) is 0.0455. The van der Waals surface area contributed by atoms with Crippen LogP contribution in [0.2, 0.25) is 0 Å². The molecule has 180 valence electrons. The van der Waals surface area contributed by atoms with Gasteiger partial charge in [-0.1, -0.05) is 6.07 Å². The van der Waals surface area contributed by atoms with Crippen LogP contribution >= 0.6 is 0 Å². The Morgan fingerprint density at radius 2 is 0.846 bits per heavy atom. The molecular formula is C22H19N5O6Rf6. The first-order valence-corrected chi connectivity index (χ1v) is 9.60. The van der Waals surface area contributed by atoms with E-state index in [-0.39, 0.29) is 52.8 Å². The fourth-order valence-corrected chi connectivity index (χ4v) is 2.93. The smallest absolute Gasteiger partial charge is 0.232 e. The third-order valence-corrected chi connectivity index (χ3v) is 4.55. The van der Waals surface area contributed by atoms with Crippen LogP contribution in [0.15, 0.2) is 54.6 Å². The molecular weight excluding hydrogens is 2030 g/mol. The molecule has 0 spiro atoms. The molecule has 0 aliphatic rings. The zero-order valence-electron chi connectivity index (χ0n) is 21.2. The van der Waals surface area contributed by atoms with Crippen molar-refractivity contribution in [2.75, 3.05) is 10.6 Å². The zero-order chi connectivity index (χ0) is 23.5. The molecule has 39 heavy (non-hydrogen) atoms. The molecule has 0 atom stereocenters. The van der Waals surface area contributed by atoms with Crippen molar-refractivity contribution in [3.63, 3.8) is 0 Å². The Hall–Kier alpha value is -10.9. The summed E-state index contributed by atoms with van der Waals surface area (Å²) in [4.78, 5) is 13.0. The van der Waals surface area contributed by atoms with Crippen LogP contribution in [0.25, 0.3) is 0 Å². The Labute approximate surface area is 186 Å². The number of nitrogens with one attached hydrogen (secondary N) is 2. The minimum Gasteiger partial charge on any atom is -0.504 e. The van der Waals surface area contributed by atoms with Gasteiger partial charge in [0, 0.05) is 29.9 Å². The summed E-state index contributed by atoms with van der Waals surface area (Å²) >= 11 is 0. The van der Waals surface area contributed by atoms with E-state index in [0.29, 0.717) is 22.8 Å². The van der Waals surface area contributed by atoms with Gasteiger partial charge in [0.05, 0.1) is 0 Å². The summed E-state index contributed by atoms with van der Waals surface area (Å²) in [6.45, 7) is 0. The molecule has 1 aromatic heterocycles. The zero-order valence-corrected chi connectivity index (χ0v) is 59.6. The summed E-state index contributed by atoms with van der Waals surface area (Å²) in [5.41, 5.74) is 1.42. The van der Waals surface area contributed by atoms with Gasteiger partial charge in [0.1, 0.15) is 5.82 Å². The van der Waals surface area contributed by atoms with Crippen LogP contribution in [0.3, 0.4) is 0 Å². The van der Waals surface area contributed by atoms with Gasteiger partial charge in [-0.3, -0.25) is 0 Å². The van der Waals surface area contributed by atoms with Crippen molar-refractivity contribution in [1.29, 1.82) is 0 Å². The van der Waals surface area contributed by atoms with Crippen LogP contribution in [-0.2, 0) is 6.42 Å². The summed E-state index contributed by atoms with van der Waals surface area (Å²) < 4.78 is 0. The van der Waals surface area contributed by atoms with Gasteiger partial charge in [-0.15, -0.1) is 0 Å². The topological polar surface area (TPSA) is 184 Å². The van der Waals surface area contributed by atoms with Crippen molar-refractivity contribution >= 4 is 23.3 Å². The predicted octanol–water partition coefficient (Wildman–Crippen LogP) is 3.18. The molecule has 0 fully saturated rings. The molecule has 8 N–H and O–H groups in total. The average molecular weight is 2050 g/mol. The van der Waals surface area contributed by atoms with E-state index < -0.39 is 0 Å². The van der Waals surface area contributed by atoms with Crippen LogP contribution in [-0.4, -0.2) is 45.6 Å². The van der Waals surface area contributed by atoms with Gasteiger partial charge in [-0.2, -0.15) is 15.0 Å². The molecule has 3 aromatic carbocycles. The van der Waals surface area contributed by atoms with Crippen LogP contribution < -0.4 is 10.6 Å². The molecule has 4 rings (SSSR count). The number of phenols is 6. The summed E-state index contributed by atoms with van der Waals surface area (Å²) in [5, 5.41) is 63.6. The number of benzene rings is 3. The number of anilines is 4. The molecule has 0 aliphatic heterocycles. The maximum atomic E-state index is 9.76. The maximum Gasteiger partial charge on any atom is 0.232 e. The van der Waals surface area contributed by atoms with Gasteiger partial charge in [-0.25, -0.2) is 0 Å². The number of aromatic hydroxyl groups is 6. The van der Waals surface area contributed by atoms with Gasteiger partial charge in [0.15, 0.2) is 34.5 Å². The standard InChI is InChI=1S/C22H19N5O6.6Rf/c28-14-4-1-11(7-17(14)31)8-20-25-21(23-12-2-5-15(29)18(32)9-12)27-22(26-20)24-13-3-6-16(30)19(33)10-13;;;;;;/h1-7,9-10,28-33H,8H2,(H2,23,24,25,26,27);;;;;;. The van der Waals surface area contributed by atoms with E-state index in [9.17, 15) is 30.6 Å². The molecule has 11 nitrogen and oxygen atoms in total. The molecule has 17 heteroatoms. The number of hydrogen-bond acceptors (Lipinski definition) is 11. The van der Waals surface area contributed by atoms with Crippen LogP contribution in [0.5, 0.6) is 34.5 Å². The van der Waals surface area contributed by atoms with Gasteiger partial charge in [0.2, 0.25) is 11.9 Å². The minimum atomic E-state index is -0.327. The van der Waals surface area contributed by atoms with E-state index in [2.05, 4.69) is 25.6 Å². The van der Waals surface area contributed by atoms with Gasteiger partial charge >= 0.3 is 0 Å². The van der Waals surface area contributed by atoms with E-state index in [4.69, 9.17) is 0 Å². The molecule has 0 aliphatic carbocycles. The quantitative estimate of drug-likeness (QED) is 0.105. The number of hydrogen-bond donors (Lipinski definition) is 8. The summed E-state index contributed by atoms with van der Waals surface area (Å²) in [6, 6.07) is 12.6. The Kier molecular flexibility index (Phi) is 9.62. The molecule has 1 heterocycles. The van der Waals surface area contributed by atoms with Crippen molar-refractivity contribution in [3.05, 3.63) is 66.0 Å². The minimum absolute atomic E-state index is 0.